The minimum Gasteiger partial charge on any atom is -0.371 e. The zero-order chi connectivity index (χ0) is 16.2. The summed E-state index contributed by atoms with van der Waals surface area (Å²) in [5.41, 5.74) is 0.578. The second-order valence-corrected chi connectivity index (χ2v) is 6.59. The number of ether oxygens (including phenoxy) is 1. The fourth-order valence-corrected chi connectivity index (χ4v) is 3.55. The molecule has 1 aromatic heterocycles. The van der Waals surface area contributed by atoms with Crippen molar-refractivity contribution in [2.24, 2.45) is 0 Å². The third-order valence-corrected chi connectivity index (χ3v) is 5.01. The van der Waals surface area contributed by atoms with Crippen LogP contribution in [-0.2, 0) is 4.74 Å². The van der Waals surface area contributed by atoms with Gasteiger partial charge in [0, 0.05) is 17.2 Å². The van der Waals surface area contributed by atoms with Gasteiger partial charge in [0.15, 0.2) is 0 Å². The Labute approximate surface area is 142 Å². The fraction of sp³-hybridized carbons (Fsp3) is 0.312. The molecule has 1 aromatic carbocycles. The highest BCUT2D eigenvalue weighted by Crippen LogP contribution is 2.31. The minimum atomic E-state index is -0.801. The monoisotopic (exact) mass is 347 g/mol. The summed E-state index contributed by atoms with van der Waals surface area (Å²) in [6.45, 7) is 0.731. The van der Waals surface area contributed by atoms with Crippen LogP contribution in [0.15, 0.2) is 30.5 Å². The van der Waals surface area contributed by atoms with Gasteiger partial charge in [0.2, 0.25) is 0 Å². The van der Waals surface area contributed by atoms with Crippen LogP contribution in [0.2, 0.25) is 5.02 Å². The number of nitrogens with zero attached hydrogens (tertiary/aromatic N) is 2. The van der Waals surface area contributed by atoms with Crippen molar-refractivity contribution in [2.45, 2.75) is 25.0 Å². The standard InChI is InChI=1S/C16H14ClN3O2S/c17-11-5-2-1-4-10(11)12(8-18)20-15(21)14-9-19-16(23-14)13-6-3-7-22-13/h1-2,4-5,9,12-13H,3,6-7H2,(H,20,21)/t12-,13-/m0/s1. The number of rotatable bonds is 4. The van der Waals surface area contributed by atoms with Gasteiger partial charge in [0.05, 0.1) is 12.3 Å². The Balaban J connectivity index is 1.73. The third-order valence-electron chi connectivity index (χ3n) is 3.57. The van der Waals surface area contributed by atoms with E-state index in [1.807, 2.05) is 0 Å². The van der Waals surface area contributed by atoms with Crippen molar-refractivity contribution in [3.05, 3.63) is 50.9 Å². The molecule has 2 heterocycles. The van der Waals surface area contributed by atoms with Crippen molar-refractivity contribution < 1.29 is 9.53 Å². The van der Waals surface area contributed by atoms with Crippen LogP contribution in [0.3, 0.4) is 0 Å². The van der Waals surface area contributed by atoms with E-state index in [4.69, 9.17) is 16.3 Å². The SMILES string of the molecule is N#C[C@H](NC(=O)c1cnc([C@@H]2CCCO2)s1)c1ccccc1Cl. The first-order valence-corrected chi connectivity index (χ1v) is 8.40. The van der Waals surface area contributed by atoms with E-state index in [9.17, 15) is 10.1 Å². The van der Waals surface area contributed by atoms with Gasteiger partial charge in [-0.05, 0) is 18.9 Å². The van der Waals surface area contributed by atoms with E-state index in [1.165, 1.54) is 17.5 Å². The van der Waals surface area contributed by atoms with E-state index in [0.29, 0.717) is 15.5 Å². The van der Waals surface area contributed by atoms with Crippen LogP contribution in [0.5, 0.6) is 0 Å². The Morgan fingerprint density at radius 1 is 1.52 bits per heavy atom. The van der Waals surface area contributed by atoms with E-state index < -0.39 is 6.04 Å². The van der Waals surface area contributed by atoms with Crippen LogP contribution >= 0.6 is 22.9 Å². The van der Waals surface area contributed by atoms with Gasteiger partial charge < -0.3 is 10.1 Å². The molecule has 0 spiro atoms. The van der Waals surface area contributed by atoms with E-state index in [0.717, 1.165) is 24.5 Å². The Morgan fingerprint density at radius 2 is 2.35 bits per heavy atom. The molecule has 118 valence electrons. The van der Waals surface area contributed by atoms with Crippen LogP contribution in [0.4, 0.5) is 0 Å². The number of benzene rings is 1. The quantitative estimate of drug-likeness (QED) is 0.916. The number of aromatic nitrogens is 1. The number of carbonyl (C=O) groups is 1. The topological polar surface area (TPSA) is 75.0 Å². The largest absolute Gasteiger partial charge is 0.371 e. The van der Waals surface area contributed by atoms with Gasteiger partial charge >= 0.3 is 0 Å². The predicted octanol–water partition coefficient (Wildman–Crippen LogP) is 3.64. The molecule has 2 atom stereocenters. The van der Waals surface area contributed by atoms with Crippen LogP contribution in [0.1, 0.15) is 45.2 Å². The van der Waals surface area contributed by atoms with Crippen molar-refractivity contribution in [2.75, 3.05) is 6.61 Å². The van der Waals surface area contributed by atoms with E-state index >= 15 is 0 Å². The zero-order valence-electron chi connectivity index (χ0n) is 12.2. The number of amides is 1. The molecule has 23 heavy (non-hydrogen) atoms. The summed E-state index contributed by atoms with van der Waals surface area (Å²) in [5, 5.41) is 13.3. The Hall–Kier alpha value is -1.94. The number of hydrogen-bond donors (Lipinski definition) is 1. The molecule has 0 aliphatic carbocycles. The van der Waals surface area contributed by atoms with Crippen LogP contribution < -0.4 is 5.32 Å². The van der Waals surface area contributed by atoms with Gasteiger partial charge in [-0.1, -0.05) is 29.8 Å². The first-order chi connectivity index (χ1) is 11.2. The van der Waals surface area contributed by atoms with Crippen molar-refractivity contribution in [1.82, 2.24) is 10.3 Å². The molecule has 1 fully saturated rings. The smallest absolute Gasteiger partial charge is 0.264 e. The molecule has 0 bridgehead atoms. The fourth-order valence-electron chi connectivity index (χ4n) is 2.40. The summed E-state index contributed by atoms with van der Waals surface area (Å²) >= 11 is 7.39. The van der Waals surface area contributed by atoms with E-state index in [2.05, 4.69) is 16.4 Å². The van der Waals surface area contributed by atoms with Crippen molar-refractivity contribution >= 4 is 28.8 Å². The molecule has 1 amide bonds. The molecule has 1 aliphatic heterocycles. The Kier molecular flexibility index (Phi) is 4.91. The lowest BCUT2D eigenvalue weighted by Gasteiger charge is -2.12. The first kappa shape index (κ1) is 15.9. The predicted molar refractivity (Wildman–Crippen MR) is 87.3 cm³/mol. The highest BCUT2D eigenvalue weighted by Gasteiger charge is 2.24. The van der Waals surface area contributed by atoms with Crippen LogP contribution in [0.25, 0.3) is 0 Å². The lowest BCUT2D eigenvalue weighted by atomic mass is 10.1. The number of nitrogens with one attached hydrogen (secondary N) is 1. The molecule has 0 saturated carbocycles. The molecular weight excluding hydrogens is 334 g/mol. The van der Waals surface area contributed by atoms with Gasteiger partial charge in [0.1, 0.15) is 22.0 Å². The average molecular weight is 348 g/mol. The third kappa shape index (κ3) is 3.53. The van der Waals surface area contributed by atoms with Crippen molar-refractivity contribution in [3.8, 4) is 6.07 Å². The van der Waals surface area contributed by atoms with Gasteiger partial charge in [-0.25, -0.2) is 4.98 Å². The number of nitriles is 1. The Bertz CT molecular complexity index is 750. The molecule has 7 heteroatoms. The average Bonchev–Trinajstić information content (AvgIpc) is 3.23. The lowest BCUT2D eigenvalue weighted by Crippen LogP contribution is -2.27. The minimum absolute atomic E-state index is 0.0168. The molecule has 1 aliphatic rings. The molecule has 3 rings (SSSR count). The molecule has 1 saturated heterocycles. The highest BCUT2D eigenvalue weighted by atomic mass is 35.5. The van der Waals surface area contributed by atoms with Crippen molar-refractivity contribution in [3.63, 3.8) is 0 Å². The molecule has 2 aromatic rings. The summed E-state index contributed by atoms with van der Waals surface area (Å²) in [4.78, 5) is 17.1. The summed E-state index contributed by atoms with van der Waals surface area (Å²) in [7, 11) is 0. The van der Waals surface area contributed by atoms with Crippen molar-refractivity contribution in [1.29, 1.82) is 5.26 Å². The number of carbonyl (C=O) groups excluding carboxylic acids is 1. The Morgan fingerprint density at radius 3 is 3.04 bits per heavy atom. The maximum absolute atomic E-state index is 12.4. The summed E-state index contributed by atoms with van der Waals surface area (Å²) in [6.07, 6.45) is 3.44. The summed E-state index contributed by atoms with van der Waals surface area (Å²) in [6, 6.07) is 8.23. The molecule has 1 N–H and O–H groups in total. The van der Waals surface area contributed by atoms with Gasteiger partial charge in [-0.2, -0.15) is 5.26 Å². The maximum Gasteiger partial charge on any atom is 0.264 e. The second-order valence-electron chi connectivity index (χ2n) is 5.12. The zero-order valence-corrected chi connectivity index (χ0v) is 13.7. The summed E-state index contributed by atoms with van der Waals surface area (Å²) in [5.74, 6) is -0.335. The lowest BCUT2D eigenvalue weighted by molar-refractivity contribution is 0.0949. The molecule has 0 radical (unpaired) electrons. The van der Waals surface area contributed by atoms with Gasteiger partial charge in [0.25, 0.3) is 5.91 Å². The number of thiazole rings is 1. The number of hydrogen-bond acceptors (Lipinski definition) is 5. The maximum atomic E-state index is 12.4. The highest BCUT2D eigenvalue weighted by molar-refractivity contribution is 7.13. The molecular formula is C16H14ClN3O2S. The second kappa shape index (κ2) is 7.09. The van der Waals surface area contributed by atoms with Gasteiger partial charge in [-0.15, -0.1) is 11.3 Å². The molecule has 0 unspecified atom stereocenters. The summed E-state index contributed by atoms with van der Waals surface area (Å²) < 4.78 is 5.57. The van der Waals surface area contributed by atoms with Crippen LogP contribution in [-0.4, -0.2) is 17.5 Å². The van der Waals surface area contributed by atoms with Crippen LogP contribution in [0, 0.1) is 11.3 Å². The normalized spacial score (nSPS) is 18.3. The van der Waals surface area contributed by atoms with Gasteiger partial charge in [-0.3, -0.25) is 4.79 Å². The molecule has 5 nitrogen and oxygen atoms in total. The first-order valence-electron chi connectivity index (χ1n) is 7.21. The number of halogens is 1. The van der Waals surface area contributed by atoms with E-state index in [1.54, 1.807) is 24.3 Å². The van der Waals surface area contributed by atoms with E-state index in [-0.39, 0.29) is 12.0 Å².